The lowest BCUT2D eigenvalue weighted by molar-refractivity contribution is 0.270. The molecule has 1 saturated carbocycles. The molecular formula is C15H23N5O. The van der Waals surface area contributed by atoms with Gasteiger partial charge >= 0.3 is 0 Å². The Morgan fingerprint density at radius 2 is 2.05 bits per heavy atom. The number of anilines is 1. The second-order valence-electron chi connectivity index (χ2n) is 6.09. The van der Waals surface area contributed by atoms with Crippen LogP contribution in [0.3, 0.4) is 0 Å². The van der Waals surface area contributed by atoms with E-state index in [1.54, 1.807) is 7.11 Å². The standard InChI is InChI=1S/C15H23N5O/c1-10-3-5-11(6-4-10)7-8-20-13-12(19-15(20)16)14(21-2)18-9-17-13/h9-11H,3-8H2,1-2H3,(H2,16,19). The third-order valence-electron chi connectivity index (χ3n) is 4.62. The van der Waals surface area contributed by atoms with Crippen LogP contribution in [-0.2, 0) is 6.54 Å². The highest BCUT2D eigenvalue weighted by Gasteiger charge is 2.20. The van der Waals surface area contributed by atoms with Crippen LogP contribution in [0.15, 0.2) is 6.33 Å². The lowest BCUT2D eigenvalue weighted by atomic mass is 9.81. The molecule has 6 heteroatoms. The quantitative estimate of drug-likeness (QED) is 0.936. The summed E-state index contributed by atoms with van der Waals surface area (Å²) in [5.74, 6) is 2.66. The van der Waals surface area contributed by atoms with E-state index in [1.807, 2.05) is 4.57 Å². The number of nitrogens with two attached hydrogens (primary N) is 1. The Bertz CT molecular complexity index is 616. The molecule has 0 saturated heterocycles. The number of nitrogens with zero attached hydrogens (tertiary/aromatic N) is 4. The maximum atomic E-state index is 6.04. The maximum absolute atomic E-state index is 6.04. The first-order valence-corrected chi connectivity index (χ1v) is 7.69. The molecule has 1 aliphatic rings. The summed E-state index contributed by atoms with van der Waals surface area (Å²) < 4.78 is 7.20. The minimum absolute atomic E-state index is 0.483. The number of hydrogen-bond acceptors (Lipinski definition) is 5. The van der Waals surface area contributed by atoms with Crippen LogP contribution in [0.25, 0.3) is 11.2 Å². The van der Waals surface area contributed by atoms with Gasteiger partial charge in [0.1, 0.15) is 6.33 Å². The molecule has 0 aromatic carbocycles. The third kappa shape index (κ3) is 2.80. The van der Waals surface area contributed by atoms with E-state index in [0.29, 0.717) is 17.3 Å². The van der Waals surface area contributed by atoms with Crippen molar-refractivity contribution in [3.05, 3.63) is 6.33 Å². The Morgan fingerprint density at radius 3 is 2.76 bits per heavy atom. The van der Waals surface area contributed by atoms with Gasteiger partial charge < -0.3 is 10.5 Å². The summed E-state index contributed by atoms with van der Waals surface area (Å²) in [5, 5.41) is 0. The molecule has 21 heavy (non-hydrogen) atoms. The van der Waals surface area contributed by atoms with Gasteiger partial charge in [-0.2, -0.15) is 4.98 Å². The average Bonchev–Trinajstić information content (AvgIpc) is 2.82. The van der Waals surface area contributed by atoms with Gasteiger partial charge in [0, 0.05) is 6.54 Å². The van der Waals surface area contributed by atoms with Crippen LogP contribution < -0.4 is 10.5 Å². The number of nitrogen functional groups attached to an aromatic ring is 1. The van der Waals surface area contributed by atoms with Crippen LogP contribution >= 0.6 is 0 Å². The van der Waals surface area contributed by atoms with Crippen molar-refractivity contribution in [1.82, 2.24) is 19.5 Å². The molecule has 2 heterocycles. The molecule has 2 aromatic rings. The predicted octanol–water partition coefficient (Wildman–Crippen LogP) is 2.63. The second kappa shape index (κ2) is 5.87. The van der Waals surface area contributed by atoms with Crippen molar-refractivity contribution in [2.24, 2.45) is 11.8 Å². The Labute approximate surface area is 124 Å². The van der Waals surface area contributed by atoms with Gasteiger partial charge in [-0.3, -0.25) is 4.57 Å². The summed E-state index contributed by atoms with van der Waals surface area (Å²) in [7, 11) is 1.58. The summed E-state index contributed by atoms with van der Waals surface area (Å²) in [6.45, 7) is 3.21. The van der Waals surface area contributed by atoms with Gasteiger partial charge in [-0.05, 0) is 18.3 Å². The molecule has 0 amide bonds. The number of methoxy groups -OCH3 is 1. The zero-order chi connectivity index (χ0) is 14.8. The largest absolute Gasteiger partial charge is 0.479 e. The molecule has 2 aromatic heterocycles. The number of fused-ring (bicyclic) bond motifs is 1. The van der Waals surface area contributed by atoms with Crippen molar-refractivity contribution in [3.63, 3.8) is 0 Å². The Hall–Kier alpha value is -1.85. The number of ether oxygens (including phenoxy) is 1. The number of aryl methyl sites for hydroxylation is 1. The fourth-order valence-electron chi connectivity index (χ4n) is 3.23. The number of rotatable bonds is 4. The number of imidazole rings is 1. The van der Waals surface area contributed by atoms with E-state index >= 15 is 0 Å². The van der Waals surface area contributed by atoms with Gasteiger partial charge in [-0.25, -0.2) is 9.97 Å². The molecule has 0 spiro atoms. The van der Waals surface area contributed by atoms with Crippen molar-refractivity contribution in [2.45, 2.75) is 45.6 Å². The minimum atomic E-state index is 0.483. The summed E-state index contributed by atoms with van der Waals surface area (Å²) in [6, 6.07) is 0. The fourth-order valence-corrected chi connectivity index (χ4v) is 3.23. The number of hydrogen-bond donors (Lipinski definition) is 1. The highest BCUT2D eigenvalue weighted by Crippen LogP contribution is 2.31. The van der Waals surface area contributed by atoms with Crippen LogP contribution in [0.5, 0.6) is 5.88 Å². The van der Waals surface area contributed by atoms with Gasteiger partial charge in [0.25, 0.3) is 0 Å². The molecule has 0 bridgehead atoms. The van der Waals surface area contributed by atoms with Crippen LogP contribution in [0.1, 0.15) is 39.0 Å². The summed E-state index contributed by atoms with van der Waals surface area (Å²) in [5.41, 5.74) is 7.46. The van der Waals surface area contributed by atoms with Crippen LogP contribution in [0.2, 0.25) is 0 Å². The second-order valence-corrected chi connectivity index (χ2v) is 6.09. The minimum Gasteiger partial charge on any atom is -0.479 e. The highest BCUT2D eigenvalue weighted by molar-refractivity contribution is 5.78. The average molecular weight is 289 g/mol. The Balaban J connectivity index is 1.76. The monoisotopic (exact) mass is 289 g/mol. The Kier molecular flexibility index (Phi) is 3.94. The summed E-state index contributed by atoms with van der Waals surface area (Å²) >= 11 is 0. The van der Waals surface area contributed by atoms with Crippen molar-refractivity contribution < 1.29 is 4.74 Å². The van der Waals surface area contributed by atoms with Gasteiger partial charge in [0.05, 0.1) is 7.11 Å². The molecule has 114 valence electrons. The number of aromatic nitrogens is 4. The third-order valence-corrected chi connectivity index (χ3v) is 4.62. The van der Waals surface area contributed by atoms with E-state index in [2.05, 4.69) is 21.9 Å². The van der Waals surface area contributed by atoms with E-state index in [0.717, 1.165) is 30.4 Å². The van der Waals surface area contributed by atoms with Crippen molar-refractivity contribution >= 4 is 17.1 Å². The molecule has 0 radical (unpaired) electrons. The van der Waals surface area contributed by atoms with E-state index in [4.69, 9.17) is 10.5 Å². The highest BCUT2D eigenvalue weighted by atomic mass is 16.5. The van der Waals surface area contributed by atoms with Gasteiger partial charge in [-0.15, -0.1) is 0 Å². The molecule has 1 aliphatic carbocycles. The van der Waals surface area contributed by atoms with Crippen molar-refractivity contribution in [2.75, 3.05) is 12.8 Å². The van der Waals surface area contributed by atoms with Gasteiger partial charge in [-0.1, -0.05) is 32.6 Å². The first kappa shape index (κ1) is 14.1. The summed E-state index contributed by atoms with van der Waals surface area (Å²) in [4.78, 5) is 12.7. The smallest absolute Gasteiger partial charge is 0.245 e. The Morgan fingerprint density at radius 1 is 1.29 bits per heavy atom. The van der Waals surface area contributed by atoms with E-state index in [-0.39, 0.29) is 0 Å². The van der Waals surface area contributed by atoms with E-state index in [9.17, 15) is 0 Å². The molecule has 1 fully saturated rings. The topological polar surface area (TPSA) is 78.8 Å². The van der Waals surface area contributed by atoms with Gasteiger partial charge in [0.2, 0.25) is 11.8 Å². The van der Waals surface area contributed by atoms with Crippen LogP contribution in [0, 0.1) is 11.8 Å². The first-order valence-electron chi connectivity index (χ1n) is 7.69. The zero-order valence-electron chi connectivity index (χ0n) is 12.7. The maximum Gasteiger partial charge on any atom is 0.245 e. The molecule has 3 rings (SSSR count). The normalized spacial score (nSPS) is 22.6. The van der Waals surface area contributed by atoms with E-state index in [1.165, 1.54) is 32.0 Å². The zero-order valence-corrected chi connectivity index (χ0v) is 12.7. The fraction of sp³-hybridized carbons (Fsp3) is 0.667. The van der Waals surface area contributed by atoms with E-state index < -0.39 is 0 Å². The van der Waals surface area contributed by atoms with Crippen molar-refractivity contribution in [3.8, 4) is 5.88 Å². The molecule has 0 atom stereocenters. The molecule has 6 nitrogen and oxygen atoms in total. The molecule has 0 aliphatic heterocycles. The van der Waals surface area contributed by atoms with Gasteiger partial charge in [0.15, 0.2) is 11.2 Å². The molecular weight excluding hydrogens is 266 g/mol. The van der Waals surface area contributed by atoms with Crippen molar-refractivity contribution in [1.29, 1.82) is 0 Å². The SMILES string of the molecule is COc1ncnc2c1nc(N)n2CCC1CCC(C)CC1. The lowest BCUT2D eigenvalue weighted by Gasteiger charge is -2.26. The molecule has 2 N–H and O–H groups in total. The first-order chi connectivity index (χ1) is 10.2. The van der Waals surface area contributed by atoms with Crippen LogP contribution in [0.4, 0.5) is 5.95 Å². The predicted molar refractivity (Wildman–Crippen MR) is 82.0 cm³/mol. The summed E-state index contributed by atoms with van der Waals surface area (Å²) in [6.07, 6.45) is 7.98. The lowest BCUT2D eigenvalue weighted by Crippen LogP contribution is -2.15. The van der Waals surface area contributed by atoms with Crippen LogP contribution in [-0.4, -0.2) is 26.6 Å². The molecule has 0 unspecified atom stereocenters.